The van der Waals surface area contributed by atoms with Crippen molar-refractivity contribution in [2.45, 2.75) is 77.9 Å². The van der Waals surface area contributed by atoms with Crippen LogP contribution in [0.15, 0.2) is 0 Å². The van der Waals surface area contributed by atoms with Crippen LogP contribution < -0.4 is 5.32 Å². The highest BCUT2D eigenvalue weighted by molar-refractivity contribution is 5.69. The lowest BCUT2D eigenvalue weighted by Gasteiger charge is -2.30. The van der Waals surface area contributed by atoms with Crippen LogP contribution in [-0.4, -0.2) is 42.3 Å². The first-order valence-electron chi connectivity index (χ1n) is 9.05. The van der Waals surface area contributed by atoms with Crippen molar-refractivity contribution in [1.29, 1.82) is 0 Å². The number of rotatable bonds is 4. The highest BCUT2D eigenvalue weighted by Crippen LogP contribution is 2.28. The van der Waals surface area contributed by atoms with E-state index in [1.165, 1.54) is 25.7 Å². The third-order valence-corrected chi connectivity index (χ3v) is 4.86. The minimum atomic E-state index is -0.407. The number of hydrogen-bond acceptors (Lipinski definition) is 3. The molecule has 2 fully saturated rings. The van der Waals surface area contributed by atoms with E-state index in [0.29, 0.717) is 6.04 Å². The highest BCUT2D eigenvalue weighted by atomic mass is 16.6. The molecule has 1 aliphatic carbocycles. The lowest BCUT2D eigenvalue weighted by atomic mass is 9.82. The molecular formula is C18H34N2O2. The van der Waals surface area contributed by atoms with E-state index >= 15 is 0 Å². The van der Waals surface area contributed by atoms with Crippen molar-refractivity contribution in [2.24, 2.45) is 11.8 Å². The SMILES string of the molecule is CC1CCCC(CNCC2CCCN2C(=O)OC(C)(C)C)C1. The normalized spacial score (nSPS) is 29.6. The Bertz CT molecular complexity index is 365. The molecule has 2 aliphatic rings. The Morgan fingerprint density at radius 3 is 2.64 bits per heavy atom. The highest BCUT2D eigenvalue weighted by Gasteiger charge is 2.32. The molecule has 3 unspecified atom stereocenters. The molecule has 1 saturated heterocycles. The fraction of sp³-hybridized carbons (Fsp3) is 0.944. The minimum Gasteiger partial charge on any atom is -0.444 e. The third kappa shape index (κ3) is 5.45. The molecule has 1 aliphatic heterocycles. The second kappa shape index (κ2) is 7.67. The summed E-state index contributed by atoms with van der Waals surface area (Å²) in [6.07, 6.45) is 7.51. The van der Waals surface area contributed by atoms with Gasteiger partial charge in [0.25, 0.3) is 0 Å². The molecule has 3 atom stereocenters. The van der Waals surface area contributed by atoms with Crippen molar-refractivity contribution in [3.63, 3.8) is 0 Å². The first-order chi connectivity index (χ1) is 10.3. The van der Waals surface area contributed by atoms with Gasteiger partial charge in [0.15, 0.2) is 0 Å². The van der Waals surface area contributed by atoms with E-state index in [1.54, 1.807) is 0 Å². The molecule has 0 radical (unpaired) electrons. The summed E-state index contributed by atoms with van der Waals surface area (Å²) in [7, 11) is 0. The monoisotopic (exact) mass is 310 g/mol. The average Bonchev–Trinajstić information content (AvgIpc) is 2.85. The summed E-state index contributed by atoms with van der Waals surface area (Å²) in [6.45, 7) is 11.0. The number of amides is 1. The number of ether oxygens (including phenoxy) is 1. The first kappa shape index (κ1) is 17.6. The van der Waals surface area contributed by atoms with E-state index < -0.39 is 5.60 Å². The summed E-state index contributed by atoms with van der Waals surface area (Å²) >= 11 is 0. The van der Waals surface area contributed by atoms with Crippen LogP contribution in [0.4, 0.5) is 4.79 Å². The molecule has 128 valence electrons. The molecule has 4 heteroatoms. The molecule has 0 spiro atoms. The second-order valence-corrected chi connectivity index (χ2v) is 8.27. The molecule has 4 nitrogen and oxygen atoms in total. The molecule has 0 aromatic heterocycles. The van der Waals surface area contributed by atoms with Crippen LogP contribution in [0.2, 0.25) is 0 Å². The smallest absolute Gasteiger partial charge is 0.410 e. The topological polar surface area (TPSA) is 41.6 Å². The van der Waals surface area contributed by atoms with Crippen molar-refractivity contribution in [3.05, 3.63) is 0 Å². The Morgan fingerprint density at radius 2 is 1.95 bits per heavy atom. The van der Waals surface area contributed by atoms with E-state index in [0.717, 1.165) is 44.3 Å². The third-order valence-electron chi connectivity index (χ3n) is 4.86. The van der Waals surface area contributed by atoms with Gasteiger partial charge in [0.05, 0.1) is 0 Å². The Labute approximate surface area is 136 Å². The standard InChI is InChI=1S/C18H34N2O2/c1-14-7-5-8-15(11-14)12-19-13-16-9-6-10-20(16)17(21)22-18(2,3)4/h14-16,19H,5-13H2,1-4H3. The van der Waals surface area contributed by atoms with E-state index in [-0.39, 0.29) is 6.09 Å². The van der Waals surface area contributed by atoms with Gasteiger partial charge in [-0.25, -0.2) is 4.79 Å². The van der Waals surface area contributed by atoms with Gasteiger partial charge >= 0.3 is 6.09 Å². The van der Waals surface area contributed by atoms with Crippen molar-refractivity contribution in [3.8, 4) is 0 Å². The predicted octanol–water partition coefficient (Wildman–Crippen LogP) is 3.80. The van der Waals surface area contributed by atoms with Crippen molar-refractivity contribution < 1.29 is 9.53 Å². The summed E-state index contributed by atoms with van der Waals surface area (Å²) in [4.78, 5) is 14.2. The molecule has 1 amide bonds. The lowest BCUT2D eigenvalue weighted by molar-refractivity contribution is 0.0226. The van der Waals surface area contributed by atoms with E-state index in [9.17, 15) is 4.79 Å². The maximum absolute atomic E-state index is 12.3. The molecule has 1 saturated carbocycles. The average molecular weight is 310 g/mol. The van der Waals surface area contributed by atoms with Gasteiger partial charge in [0.2, 0.25) is 0 Å². The quantitative estimate of drug-likeness (QED) is 0.858. The number of carbonyl (C=O) groups is 1. The zero-order valence-corrected chi connectivity index (χ0v) is 14.9. The largest absolute Gasteiger partial charge is 0.444 e. The lowest BCUT2D eigenvalue weighted by Crippen LogP contribution is -2.44. The van der Waals surface area contributed by atoms with E-state index in [2.05, 4.69) is 12.2 Å². The summed E-state index contributed by atoms with van der Waals surface area (Å²) in [5.41, 5.74) is -0.407. The van der Waals surface area contributed by atoms with Gasteiger partial charge in [0, 0.05) is 19.1 Å². The summed E-state index contributed by atoms with van der Waals surface area (Å²) < 4.78 is 5.52. The Balaban J connectivity index is 1.73. The van der Waals surface area contributed by atoms with Gasteiger partial charge < -0.3 is 15.0 Å². The molecule has 1 N–H and O–H groups in total. The Morgan fingerprint density at radius 1 is 1.18 bits per heavy atom. The van der Waals surface area contributed by atoms with Crippen LogP contribution >= 0.6 is 0 Å². The Kier molecular flexibility index (Phi) is 6.13. The van der Waals surface area contributed by atoms with Crippen LogP contribution in [0.5, 0.6) is 0 Å². The number of nitrogens with one attached hydrogen (secondary N) is 1. The number of nitrogens with zero attached hydrogens (tertiary/aromatic N) is 1. The number of hydrogen-bond donors (Lipinski definition) is 1. The van der Waals surface area contributed by atoms with Gasteiger partial charge in [-0.2, -0.15) is 0 Å². The molecular weight excluding hydrogens is 276 g/mol. The fourth-order valence-corrected chi connectivity index (χ4v) is 3.81. The molecule has 1 heterocycles. The maximum Gasteiger partial charge on any atom is 0.410 e. The van der Waals surface area contributed by atoms with Gasteiger partial charge in [-0.05, 0) is 64.8 Å². The molecule has 0 bridgehead atoms. The number of carbonyl (C=O) groups excluding carboxylic acids is 1. The summed E-state index contributed by atoms with van der Waals surface area (Å²) in [5, 5.41) is 3.62. The second-order valence-electron chi connectivity index (χ2n) is 8.27. The molecule has 22 heavy (non-hydrogen) atoms. The first-order valence-corrected chi connectivity index (χ1v) is 9.05. The maximum atomic E-state index is 12.3. The van der Waals surface area contributed by atoms with Crippen molar-refractivity contribution >= 4 is 6.09 Å². The van der Waals surface area contributed by atoms with Crippen LogP contribution in [0, 0.1) is 11.8 Å². The minimum absolute atomic E-state index is 0.150. The van der Waals surface area contributed by atoms with Crippen molar-refractivity contribution in [2.75, 3.05) is 19.6 Å². The van der Waals surface area contributed by atoms with Crippen LogP contribution in [0.3, 0.4) is 0 Å². The van der Waals surface area contributed by atoms with Gasteiger partial charge in [-0.1, -0.05) is 19.8 Å². The van der Waals surface area contributed by atoms with Crippen LogP contribution in [0.25, 0.3) is 0 Å². The van der Waals surface area contributed by atoms with E-state index in [1.807, 2.05) is 25.7 Å². The zero-order chi connectivity index (χ0) is 16.2. The van der Waals surface area contributed by atoms with Crippen molar-refractivity contribution in [1.82, 2.24) is 10.2 Å². The van der Waals surface area contributed by atoms with Gasteiger partial charge in [-0.3, -0.25) is 0 Å². The number of likely N-dealkylation sites (tertiary alicyclic amines) is 1. The van der Waals surface area contributed by atoms with Gasteiger partial charge in [-0.15, -0.1) is 0 Å². The van der Waals surface area contributed by atoms with Gasteiger partial charge in [0.1, 0.15) is 5.60 Å². The fourth-order valence-electron chi connectivity index (χ4n) is 3.81. The zero-order valence-electron chi connectivity index (χ0n) is 14.9. The summed E-state index contributed by atoms with van der Waals surface area (Å²) in [5.74, 6) is 1.70. The Hall–Kier alpha value is -0.770. The molecule has 0 aromatic carbocycles. The van der Waals surface area contributed by atoms with Crippen LogP contribution in [-0.2, 0) is 4.74 Å². The summed E-state index contributed by atoms with van der Waals surface area (Å²) in [6, 6.07) is 0.302. The molecule has 0 aromatic rings. The molecule has 2 rings (SSSR count). The van der Waals surface area contributed by atoms with Crippen LogP contribution in [0.1, 0.15) is 66.2 Å². The van der Waals surface area contributed by atoms with E-state index in [4.69, 9.17) is 4.74 Å². The predicted molar refractivity (Wildman–Crippen MR) is 90.0 cm³/mol.